The van der Waals surface area contributed by atoms with Gasteiger partial charge in [-0.3, -0.25) is 23.5 Å². The Morgan fingerprint density at radius 3 is 2.18 bits per heavy atom. The van der Waals surface area contributed by atoms with Crippen molar-refractivity contribution in [1.29, 1.82) is 0 Å². The molecule has 0 saturated carbocycles. The second kappa shape index (κ2) is 9.83. The Labute approximate surface area is 190 Å². The number of aliphatic hydroxyl groups excluding tert-OH is 1. The molecule has 0 saturated heterocycles. The molecule has 0 fully saturated rings. The lowest BCUT2D eigenvalue weighted by molar-refractivity contribution is -0.134. The fourth-order valence-corrected chi connectivity index (χ4v) is 3.93. The normalized spacial score (nSPS) is 21.6. The molecule has 0 amide bonds. The third kappa shape index (κ3) is 6.12. The first-order valence-electron chi connectivity index (χ1n) is 8.52. The van der Waals surface area contributed by atoms with E-state index in [1.807, 2.05) is 0 Å². The highest BCUT2D eigenvalue weighted by Gasteiger charge is 2.42. The molecule has 2 unspecified atom stereocenters. The van der Waals surface area contributed by atoms with E-state index in [1.165, 1.54) is 4.72 Å². The van der Waals surface area contributed by atoms with Crippen molar-refractivity contribution in [2.45, 2.75) is 12.1 Å². The van der Waals surface area contributed by atoms with Crippen LogP contribution in [0.3, 0.4) is 0 Å². The second-order valence-electron chi connectivity index (χ2n) is 6.40. The van der Waals surface area contributed by atoms with Crippen LogP contribution in [0.2, 0.25) is 0 Å². The molecule has 0 radical (unpaired) electrons. The highest BCUT2D eigenvalue weighted by Crippen LogP contribution is 2.30. The zero-order valence-electron chi connectivity index (χ0n) is 16.7. The number of carboxylic acids is 1. The van der Waals surface area contributed by atoms with Gasteiger partial charge in [0.05, 0.1) is 7.11 Å². The fraction of sp³-hybridized carbons (Fsp3) is 0.250. The van der Waals surface area contributed by atoms with E-state index in [9.17, 15) is 46.2 Å². The first-order chi connectivity index (χ1) is 15.6. The van der Waals surface area contributed by atoms with Crippen LogP contribution in [0.4, 0.5) is 0 Å². The number of ketones is 2. The number of nitrogens with one attached hydrogen (secondary N) is 1. The molecule has 2 aliphatic rings. The van der Waals surface area contributed by atoms with Crippen molar-refractivity contribution in [2.75, 3.05) is 12.9 Å². The van der Waals surface area contributed by atoms with Gasteiger partial charge in [-0.25, -0.2) is 4.79 Å². The van der Waals surface area contributed by atoms with Crippen LogP contribution in [0, 0.1) is 0 Å². The Kier molecular flexibility index (Phi) is 7.76. The molecule has 18 heteroatoms. The lowest BCUT2D eigenvalue weighted by Crippen LogP contribution is -2.46. The monoisotopic (exact) mass is 525 g/mol. The minimum absolute atomic E-state index is 0.329. The van der Waals surface area contributed by atoms with Gasteiger partial charge in [0.25, 0.3) is 16.6 Å². The second-order valence-corrected chi connectivity index (χ2v) is 9.04. The van der Waals surface area contributed by atoms with Crippen LogP contribution in [-0.4, -0.2) is 85.2 Å². The zero-order valence-corrected chi connectivity index (χ0v) is 18.3. The van der Waals surface area contributed by atoms with Crippen molar-refractivity contribution < 1.29 is 69.5 Å². The van der Waals surface area contributed by atoms with Gasteiger partial charge >= 0.3 is 16.3 Å². The summed E-state index contributed by atoms with van der Waals surface area (Å²) in [6.07, 6.45) is -0.841. The average Bonchev–Trinajstić information content (AvgIpc) is 2.69. The summed E-state index contributed by atoms with van der Waals surface area (Å²) in [5.41, 5.74) is -1.68. The number of ether oxygens (including phenoxy) is 3. The highest BCUT2D eigenvalue weighted by atomic mass is 32.2. The molecule has 2 rings (SSSR count). The molecule has 0 aliphatic heterocycles. The van der Waals surface area contributed by atoms with Crippen LogP contribution in [0.5, 0.6) is 0 Å². The topological polar surface area (TPSA) is 257 Å². The summed E-state index contributed by atoms with van der Waals surface area (Å²) in [6.45, 7) is -0.329. The molecule has 0 heterocycles. The van der Waals surface area contributed by atoms with Crippen LogP contribution >= 0.6 is 0 Å². The van der Waals surface area contributed by atoms with E-state index in [0.717, 1.165) is 7.11 Å². The SMILES string of the molecule is COC1=CC(C(=O)O)=C(OC2=CC(CS(=O)(=O)O)=C(OC=O)C(=O)C2NS(=O)(=O)O)C(=O)C1O. The third-order valence-corrected chi connectivity index (χ3v) is 5.32. The van der Waals surface area contributed by atoms with E-state index in [0.29, 0.717) is 12.2 Å². The van der Waals surface area contributed by atoms with Gasteiger partial charge in [-0.1, -0.05) is 0 Å². The van der Waals surface area contributed by atoms with Crippen LogP contribution < -0.4 is 4.72 Å². The van der Waals surface area contributed by atoms with E-state index in [2.05, 4.69) is 4.74 Å². The number of carbonyl (C=O) groups excluding carboxylic acids is 3. The summed E-state index contributed by atoms with van der Waals surface area (Å²) in [5.74, 6) is -9.79. The smallest absolute Gasteiger partial charge is 0.339 e. The summed E-state index contributed by atoms with van der Waals surface area (Å²) in [5, 5.41) is 19.4. The molecular formula is C16H15NO15S2. The Morgan fingerprint density at radius 1 is 1.09 bits per heavy atom. The number of carbonyl (C=O) groups is 4. The Morgan fingerprint density at radius 2 is 1.71 bits per heavy atom. The quantitative estimate of drug-likeness (QED) is 0.144. The molecule has 16 nitrogen and oxygen atoms in total. The molecule has 0 aromatic rings. The number of carboxylic acid groups (broad SMARTS) is 1. The minimum atomic E-state index is -5.21. The van der Waals surface area contributed by atoms with E-state index >= 15 is 0 Å². The minimum Gasteiger partial charge on any atom is -0.498 e. The largest absolute Gasteiger partial charge is 0.498 e. The van der Waals surface area contributed by atoms with Crippen molar-refractivity contribution in [3.05, 3.63) is 46.3 Å². The van der Waals surface area contributed by atoms with Crippen LogP contribution in [0.1, 0.15) is 0 Å². The number of allylic oxidation sites excluding steroid dienone is 1. The molecule has 0 bridgehead atoms. The summed E-state index contributed by atoms with van der Waals surface area (Å²) < 4.78 is 79.1. The van der Waals surface area contributed by atoms with Crippen molar-refractivity contribution in [3.8, 4) is 0 Å². The number of rotatable bonds is 10. The molecule has 0 spiro atoms. The van der Waals surface area contributed by atoms with E-state index in [4.69, 9.17) is 18.6 Å². The predicted molar refractivity (Wildman–Crippen MR) is 104 cm³/mol. The summed E-state index contributed by atoms with van der Waals surface area (Å²) in [4.78, 5) is 47.6. The van der Waals surface area contributed by atoms with E-state index < -0.39 is 90.0 Å². The van der Waals surface area contributed by atoms with Gasteiger partial charge in [0.15, 0.2) is 17.6 Å². The third-order valence-electron chi connectivity index (χ3n) is 4.11. The van der Waals surface area contributed by atoms with Crippen molar-refractivity contribution in [3.63, 3.8) is 0 Å². The van der Waals surface area contributed by atoms with Crippen molar-refractivity contribution >= 4 is 44.4 Å². The van der Waals surface area contributed by atoms with Crippen molar-refractivity contribution in [2.24, 2.45) is 0 Å². The molecule has 2 aliphatic carbocycles. The van der Waals surface area contributed by atoms with Gasteiger partial charge in [-0.2, -0.15) is 21.6 Å². The fourth-order valence-electron chi connectivity index (χ4n) is 2.80. The maximum absolute atomic E-state index is 12.7. The standard InChI is InChI=1S/C16H15NO15S2/c1-30-9-3-7(16(22)23)15(13(21)11(9)19)32-8-2-6(4-33(24,25)26)14(31-5-18)12(20)10(8)17-34(27,28)29/h2-3,5,10-11,17,19H,4H2,1H3,(H,22,23)(H,24,25,26)(H,27,28,29). The number of methoxy groups -OCH3 is 1. The number of hydrogen-bond donors (Lipinski definition) is 5. The van der Waals surface area contributed by atoms with Gasteiger partial charge in [-0.05, 0) is 12.2 Å². The maximum Gasteiger partial charge on any atom is 0.339 e. The van der Waals surface area contributed by atoms with Crippen LogP contribution in [0.25, 0.3) is 0 Å². The lowest BCUT2D eigenvalue weighted by atomic mass is 9.97. The van der Waals surface area contributed by atoms with Crippen LogP contribution in [0.15, 0.2) is 46.3 Å². The molecule has 2 atom stereocenters. The predicted octanol–water partition coefficient (Wildman–Crippen LogP) is -2.64. The van der Waals surface area contributed by atoms with Gasteiger partial charge in [-0.15, -0.1) is 0 Å². The molecular weight excluding hydrogens is 510 g/mol. The number of aliphatic hydroxyl groups is 1. The summed E-state index contributed by atoms with van der Waals surface area (Å²) in [7, 11) is -9.09. The first-order valence-corrected chi connectivity index (χ1v) is 11.6. The van der Waals surface area contributed by atoms with E-state index in [-0.39, 0.29) is 6.47 Å². The Hall–Kier alpha value is -3.42. The number of hydrogen-bond acceptors (Lipinski definition) is 12. The van der Waals surface area contributed by atoms with Gasteiger partial charge in [0.2, 0.25) is 11.6 Å². The van der Waals surface area contributed by atoms with Gasteiger partial charge < -0.3 is 24.4 Å². The first kappa shape index (κ1) is 26.8. The zero-order chi connectivity index (χ0) is 26.0. The number of aliphatic carboxylic acids is 1. The van der Waals surface area contributed by atoms with Crippen molar-refractivity contribution in [1.82, 2.24) is 4.72 Å². The average molecular weight is 525 g/mol. The Bertz CT molecular complexity index is 1280. The van der Waals surface area contributed by atoms with Gasteiger partial charge in [0.1, 0.15) is 28.9 Å². The van der Waals surface area contributed by atoms with Crippen LogP contribution in [-0.2, 0) is 53.8 Å². The molecule has 34 heavy (non-hydrogen) atoms. The molecule has 0 aromatic heterocycles. The summed E-state index contributed by atoms with van der Waals surface area (Å²) >= 11 is 0. The van der Waals surface area contributed by atoms with Gasteiger partial charge in [0, 0.05) is 5.57 Å². The molecule has 5 N–H and O–H groups in total. The lowest BCUT2D eigenvalue weighted by Gasteiger charge is -2.27. The maximum atomic E-state index is 12.7. The summed E-state index contributed by atoms with van der Waals surface area (Å²) in [6, 6.07) is -2.31. The molecule has 186 valence electrons. The number of Topliss-reactive ketones (excluding diaryl/α,β-unsaturated/α-hetero) is 2. The Balaban J connectivity index is 2.76. The van der Waals surface area contributed by atoms with E-state index in [1.54, 1.807) is 0 Å². The molecule has 0 aromatic carbocycles. The highest BCUT2D eigenvalue weighted by molar-refractivity contribution is 7.86.